The van der Waals surface area contributed by atoms with Gasteiger partial charge in [0.05, 0.1) is 0 Å². The van der Waals surface area contributed by atoms with E-state index in [1.165, 1.54) is 0 Å². The second-order valence-electron chi connectivity index (χ2n) is 0. The zero-order chi connectivity index (χ0) is 0. The Morgan fingerprint density at radius 2 is 0.500 bits per heavy atom. The fraction of sp³-hybridized carbons (Fsp3) is 0. The van der Waals surface area contributed by atoms with Crippen LogP contribution in [0.2, 0.25) is 0 Å². The molecule has 0 heterocycles. The molecule has 0 aromatic rings. The quantitative estimate of drug-likeness (QED) is 0.397. The van der Waals surface area contributed by atoms with Crippen LogP contribution < -0.4 is 0 Å². The summed E-state index contributed by atoms with van der Waals surface area (Å²) < 4.78 is 0. The molecule has 3 nitrogen and oxygen atoms in total. The molecule has 0 aromatic carbocycles. The van der Waals surface area contributed by atoms with Gasteiger partial charge in [-0.3, -0.25) is 0 Å². The van der Waals surface area contributed by atoms with Crippen LogP contribution in [0, 0.1) is 0 Å². The average molecular weight is 251 g/mol. The molecule has 0 atom stereocenters. The summed E-state index contributed by atoms with van der Waals surface area (Å²) in [7, 11) is 0. The summed E-state index contributed by atoms with van der Waals surface area (Å²) in [4.78, 5) is 0. The predicted octanol–water partition coefficient (Wildman–Crippen LogP) is -3.62. The van der Waals surface area contributed by atoms with Gasteiger partial charge in [-0.2, -0.15) is 0 Å². The first-order chi connectivity index (χ1) is 0. The van der Waals surface area contributed by atoms with E-state index in [2.05, 4.69) is 0 Å². The van der Waals surface area contributed by atoms with Crippen LogP contribution in [0.5, 0.6) is 0 Å². The Labute approximate surface area is 139 Å². The third-order valence-electron chi connectivity index (χ3n) is 0. The molecule has 0 rings (SSSR count). The van der Waals surface area contributed by atoms with E-state index < -0.39 is 0 Å². The summed E-state index contributed by atoms with van der Waals surface area (Å²) >= 11 is 0. The Hall–Kier alpha value is 3.95. The number of hydrogen-bond acceptors (Lipinski definition) is 0. The van der Waals surface area contributed by atoms with Crippen molar-refractivity contribution < 1.29 is 16.4 Å². The van der Waals surface area contributed by atoms with Crippen molar-refractivity contribution in [3.05, 3.63) is 0 Å². The fourth-order valence-corrected chi connectivity index (χ4v) is 0. The molecule has 30 valence electrons. The van der Waals surface area contributed by atoms with Gasteiger partial charge in [-0.1, -0.05) is 0 Å². The minimum absolute atomic E-state index is 0. The van der Waals surface area contributed by atoms with Crippen LogP contribution >= 0.6 is 0 Å². The predicted molar refractivity (Wildman–Crippen MR) is 28.1 cm³/mol. The Balaban J connectivity index is 0. The van der Waals surface area contributed by atoms with E-state index in [4.69, 9.17) is 0 Å². The Morgan fingerprint density at radius 1 is 0.500 bits per heavy atom. The van der Waals surface area contributed by atoms with E-state index in [1.54, 1.807) is 0 Å². The molecule has 0 aromatic heterocycles. The van der Waals surface area contributed by atoms with Crippen LogP contribution in [0.25, 0.3) is 0 Å². The van der Waals surface area contributed by atoms with E-state index in [9.17, 15) is 0 Å². The van der Waals surface area contributed by atoms with Crippen molar-refractivity contribution >= 4 is 127 Å². The van der Waals surface area contributed by atoms with E-state index >= 15 is 0 Å². The third-order valence-corrected chi connectivity index (χ3v) is 0. The summed E-state index contributed by atoms with van der Waals surface area (Å²) in [6.45, 7) is 0. The molecular formula is H6K2O3Sn. The first kappa shape index (κ1) is 51.1. The zero-order valence-electron chi connectivity index (χ0n) is 4.00. The monoisotopic (exact) mass is 252 g/mol. The maximum Gasteiger partial charge on any atom is 0 e. The van der Waals surface area contributed by atoms with Crippen LogP contribution in [-0.4, -0.2) is 143 Å². The molecule has 0 spiro atoms. The molecule has 0 unspecified atom stereocenters. The standard InChI is InChI=1S/2K.3H2O.Sn/h;;3*1H2;. The van der Waals surface area contributed by atoms with Crippen molar-refractivity contribution in [3.8, 4) is 0 Å². The molecule has 0 aliphatic carbocycles. The van der Waals surface area contributed by atoms with Crippen molar-refractivity contribution in [3.63, 3.8) is 0 Å². The van der Waals surface area contributed by atoms with Gasteiger partial charge in [0.1, 0.15) is 0 Å². The van der Waals surface area contributed by atoms with Gasteiger partial charge in [0.25, 0.3) is 0 Å². The summed E-state index contributed by atoms with van der Waals surface area (Å²) in [5, 5.41) is 0. The van der Waals surface area contributed by atoms with Crippen LogP contribution in [0.15, 0.2) is 0 Å². The van der Waals surface area contributed by atoms with Gasteiger partial charge in [-0.05, 0) is 0 Å². The summed E-state index contributed by atoms with van der Waals surface area (Å²) in [5.74, 6) is 0. The molecule has 6 heteroatoms. The maximum atomic E-state index is 0. The maximum absolute atomic E-state index is 0. The smallest absolute Gasteiger partial charge is 0 e. The van der Waals surface area contributed by atoms with Gasteiger partial charge in [0.2, 0.25) is 0 Å². The molecule has 0 aliphatic heterocycles. The average Bonchev–Trinajstić information content (AvgIpc) is 0. The molecule has 6 N–H and O–H groups in total. The van der Waals surface area contributed by atoms with Gasteiger partial charge in [0.15, 0.2) is 0 Å². The van der Waals surface area contributed by atoms with Crippen LogP contribution in [-0.2, 0) is 0 Å². The van der Waals surface area contributed by atoms with E-state index in [-0.39, 0.29) is 143 Å². The Bertz CT molecular complexity index is 8.75. The van der Waals surface area contributed by atoms with E-state index in [0.29, 0.717) is 0 Å². The van der Waals surface area contributed by atoms with Gasteiger partial charge in [-0.25, -0.2) is 0 Å². The number of hydrogen-bond donors (Lipinski definition) is 0. The van der Waals surface area contributed by atoms with E-state index in [0.717, 1.165) is 0 Å². The Morgan fingerprint density at radius 3 is 0.500 bits per heavy atom. The zero-order valence-corrected chi connectivity index (χ0v) is 13.1. The third kappa shape index (κ3) is 24.6. The van der Waals surface area contributed by atoms with Crippen LogP contribution in [0.1, 0.15) is 0 Å². The van der Waals surface area contributed by atoms with Crippen molar-refractivity contribution in [2.75, 3.05) is 0 Å². The van der Waals surface area contributed by atoms with Gasteiger partial charge < -0.3 is 16.4 Å². The largest absolute Gasteiger partial charge is 0.412 e. The Kier molecular flexibility index (Phi) is 309. The topological polar surface area (TPSA) is 94.5 Å². The summed E-state index contributed by atoms with van der Waals surface area (Å²) in [6.07, 6.45) is 0. The van der Waals surface area contributed by atoms with Gasteiger partial charge >= 0.3 is 0 Å². The minimum atomic E-state index is 0. The number of rotatable bonds is 0. The van der Waals surface area contributed by atoms with Crippen molar-refractivity contribution in [2.24, 2.45) is 0 Å². The first-order valence-electron chi connectivity index (χ1n) is 0. The second-order valence-corrected chi connectivity index (χ2v) is 0. The molecular weight excluding hydrogens is 245 g/mol. The van der Waals surface area contributed by atoms with Crippen LogP contribution in [0.3, 0.4) is 0 Å². The molecule has 0 aliphatic rings. The van der Waals surface area contributed by atoms with E-state index in [1.807, 2.05) is 0 Å². The molecule has 0 saturated carbocycles. The van der Waals surface area contributed by atoms with Gasteiger partial charge in [0, 0.05) is 127 Å². The molecule has 0 bridgehead atoms. The van der Waals surface area contributed by atoms with Crippen molar-refractivity contribution in [2.45, 2.75) is 0 Å². The summed E-state index contributed by atoms with van der Waals surface area (Å²) in [6, 6.07) is 0. The SMILES string of the molecule is O.O.O.[K].[K].[Sn]. The van der Waals surface area contributed by atoms with Gasteiger partial charge in [-0.15, -0.1) is 0 Å². The minimum Gasteiger partial charge on any atom is -0.412 e. The first-order valence-corrected chi connectivity index (χ1v) is 0. The molecule has 6 radical (unpaired) electrons. The van der Waals surface area contributed by atoms with Crippen molar-refractivity contribution in [1.29, 1.82) is 0 Å². The normalized spacial score (nSPS) is 0. The summed E-state index contributed by atoms with van der Waals surface area (Å²) in [5.41, 5.74) is 0. The molecule has 6 heavy (non-hydrogen) atoms. The fourth-order valence-electron chi connectivity index (χ4n) is 0. The second kappa shape index (κ2) is 36.2. The molecule has 0 fully saturated rings. The van der Waals surface area contributed by atoms with Crippen molar-refractivity contribution in [1.82, 2.24) is 0 Å². The van der Waals surface area contributed by atoms with Crippen LogP contribution in [0.4, 0.5) is 0 Å². The molecule has 0 saturated heterocycles. The molecule has 0 amide bonds.